The van der Waals surface area contributed by atoms with E-state index in [1.54, 1.807) is 0 Å². The first-order valence-electron chi connectivity index (χ1n) is 6.71. The second kappa shape index (κ2) is 7.14. The van der Waals surface area contributed by atoms with E-state index in [0.717, 1.165) is 12.0 Å². The summed E-state index contributed by atoms with van der Waals surface area (Å²) < 4.78 is 0. The fourth-order valence-electron chi connectivity index (χ4n) is 2.26. The Kier molecular flexibility index (Phi) is 5.13. The van der Waals surface area contributed by atoms with Gasteiger partial charge in [-0.05, 0) is 51.0 Å². The van der Waals surface area contributed by atoms with Gasteiger partial charge in [0, 0.05) is 12.0 Å². The number of piperidine rings is 1. The molecule has 2 rings (SSSR count). The first kappa shape index (κ1) is 12.2. The normalized spacial score (nSPS) is 16.2. The van der Waals surface area contributed by atoms with Gasteiger partial charge < -0.3 is 4.90 Å². The molecule has 0 N–H and O–H groups in total. The molecule has 17 heavy (non-hydrogen) atoms. The van der Waals surface area contributed by atoms with Crippen LogP contribution in [0.15, 0.2) is 30.3 Å². The summed E-state index contributed by atoms with van der Waals surface area (Å²) in [4.78, 5) is 2.58. The second-order valence-corrected chi connectivity index (χ2v) is 4.67. The molecule has 1 fully saturated rings. The van der Waals surface area contributed by atoms with Crippen molar-refractivity contribution >= 4 is 0 Å². The van der Waals surface area contributed by atoms with E-state index in [4.69, 9.17) is 0 Å². The Morgan fingerprint density at radius 3 is 2.53 bits per heavy atom. The van der Waals surface area contributed by atoms with Crippen LogP contribution in [-0.4, -0.2) is 24.5 Å². The molecule has 90 valence electrons. The average molecular weight is 227 g/mol. The Hall–Kier alpha value is -1.26. The predicted molar refractivity (Wildman–Crippen MR) is 72.8 cm³/mol. The maximum absolute atomic E-state index is 3.26. The lowest BCUT2D eigenvalue weighted by Gasteiger charge is -2.25. The molecule has 0 amide bonds. The van der Waals surface area contributed by atoms with Crippen LogP contribution < -0.4 is 0 Å². The van der Waals surface area contributed by atoms with Crippen molar-refractivity contribution in [1.29, 1.82) is 0 Å². The van der Waals surface area contributed by atoms with E-state index in [9.17, 15) is 0 Å². The number of nitrogens with zero attached hydrogens (tertiary/aromatic N) is 1. The first-order valence-corrected chi connectivity index (χ1v) is 6.71. The lowest BCUT2D eigenvalue weighted by molar-refractivity contribution is 0.227. The minimum absolute atomic E-state index is 1.02. The summed E-state index contributed by atoms with van der Waals surface area (Å²) >= 11 is 0. The van der Waals surface area contributed by atoms with Crippen molar-refractivity contribution in [2.75, 3.05) is 19.6 Å². The van der Waals surface area contributed by atoms with Crippen molar-refractivity contribution in [3.63, 3.8) is 0 Å². The van der Waals surface area contributed by atoms with E-state index in [1.165, 1.54) is 45.3 Å². The Labute approximate surface area is 105 Å². The van der Waals surface area contributed by atoms with Gasteiger partial charge in [-0.15, -0.1) is 0 Å². The van der Waals surface area contributed by atoms with Gasteiger partial charge in [-0.25, -0.2) is 0 Å². The average Bonchev–Trinajstić information content (AvgIpc) is 2.41. The van der Waals surface area contributed by atoms with Crippen LogP contribution in [0.5, 0.6) is 0 Å². The number of unbranched alkanes of at least 4 members (excludes halogenated alkanes) is 1. The van der Waals surface area contributed by atoms with Crippen molar-refractivity contribution in [2.45, 2.75) is 32.1 Å². The minimum Gasteiger partial charge on any atom is -0.303 e. The molecule has 0 unspecified atom stereocenters. The molecule has 1 saturated heterocycles. The lowest BCUT2D eigenvalue weighted by atomic mass is 10.1. The Balaban J connectivity index is 1.64. The zero-order chi connectivity index (χ0) is 11.8. The number of benzene rings is 1. The van der Waals surface area contributed by atoms with Gasteiger partial charge in [-0.1, -0.05) is 36.5 Å². The molecule has 0 spiro atoms. The minimum atomic E-state index is 1.02. The van der Waals surface area contributed by atoms with Crippen LogP contribution in [0, 0.1) is 11.8 Å². The van der Waals surface area contributed by atoms with Gasteiger partial charge in [0.1, 0.15) is 0 Å². The smallest absolute Gasteiger partial charge is 0.0245 e. The quantitative estimate of drug-likeness (QED) is 0.565. The lowest BCUT2D eigenvalue weighted by Crippen LogP contribution is -2.30. The van der Waals surface area contributed by atoms with Crippen LogP contribution in [0.1, 0.15) is 37.7 Å². The summed E-state index contributed by atoms with van der Waals surface area (Å²) in [6.07, 6.45) is 6.42. The number of rotatable bonds is 3. The molecular formula is C16H21N. The molecule has 1 aromatic rings. The highest BCUT2D eigenvalue weighted by atomic mass is 15.1. The van der Waals surface area contributed by atoms with Crippen molar-refractivity contribution < 1.29 is 0 Å². The van der Waals surface area contributed by atoms with Crippen molar-refractivity contribution in [3.05, 3.63) is 35.9 Å². The Morgan fingerprint density at radius 2 is 1.76 bits per heavy atom. The molecule has 0 aromatic heterocycles. The van der Waals surface area contributed by atoms with Crippen molar-refractivity contribution in [2.24, 2.45) is 0 Å². The first-order chi connectivity index (χ1) is 8.45. The van der Waals surface area contributed by atoms with E-state index in [0.29, 0.717) is 0 Å². The molecule has 1 heteroatoms. The fourth-order valence-corrected chi connectivity index (χ4v) is 2.26. The SMILES string of the molecule is C(#Cc1ccccc1)CCCN1CCCCC1. The van der Waals surface area contributed by atoms with Gasteiger partial charge in [0.05, 0.1) is 0 Å². The van der Waals surface area contributed by atoms with Crippen molar-refractivity contribution in [1.82, 2.24) is 4.90 Å². The van der Waals surface area contributed by atoms with Crippen LogP contribution in [-0.2, 0) is 0 Å². The molecule has 1 aliphatic rings. The Bertz CT molecular complexity index is 366. The van der Waals surface area contributed by atoms with Gasteiger partial charge in [0.25, 0.3) is 0 Å². The van der Waals surface area contributed by atoms with Crippen LogP contribution in [0.2, 0.25) is 0 Å². The summed E-state index contributed by atoms with van der Waals surface area (Å²) in [6.45, 7) is 3.82. The van der Waals surface area contributed by atoms with Gasteiger partial charge in [-0.3, -0.25) is 0 Å². The molecule has 0 bridgehead atoms. The van der Waals surface area contributed by atoms with E-state index in [1.807, 2.05) is 18.2 Å². The monoisotopic (exact) mass is 227 g/mol. The molecule has 0 atom stereocenters. The molecular weight excluding hydrogens is 206 g/mol. The van der Waals surface area contributed by atoms with Gasteiger partial charge >= 0.3 is 0 Å². The molecule has 0 radical (unpaired) electrons. The van der Waals surface area contributed by atoms with Crippen LogP contribution in [0.3, 0.4) is 0 Å². The van der Waals surface area contributed by atoms with Crippen LogP contribution in [0.25, 0.3) is 0 Å². The summed E-state index contributed by atoms with van der Waals surface area (Å²) in [7, 11) is 0. The summed E-state index contributed by atoms with van der Waals surface area (Å²) in [5.74, 6) is 6.48. The van der Waals surface area contributed by atoms with E-state index < -0.39 is 0 Å². The van der Waals surface area contributed by atoms with E-state index >= 15 is 0 Å². The predicted octanol–water partition coefficient (Wildman–Crippen LogP) is 3.30. The number of likely N-dealkylation sites (tertiary alicyclic amines) is 1. The zero-order valence-electron chi connectivity index (χ0n) is 10.5. The van der Waals surface area contributed by atoms with E-state index in [-0.39, 0.29) is 0 Å². The third-order valence-corrected chi connectivity index (χ3v) is 3.23. The molecule has 1 heterocycles. The molecule has 1 aliphatic heterocycles. The van der Waals surface area contributed by atoms with Gasteiger partial charge in [0.15, 0.2) is 0 Å². The van der Waals surface area contributed by atoms with Gasteiger partial charge in [0.2, 0.25) is 0 Å². The summed E-state index contributed by atoms with van der Waals surface area (Å²) in [6, 6.07) is 10.2. The molecule has 0 saturated carbocycles. The number of hydrogen-bond donors (Lipinski definition) is 0. The second-order valence-electron chi connectivity index (χ2n) is 4.67. The standard InChI is InChI=1S/C16H21N/c1-4-10-16(11-5-1)12-6-2-7-13-17-14-8-3-9-15-17/h1,4-5,10-11H,2-3,7-9,13-15H2. The van der Waals surface area contributed by atoms with Crippen LogP contribution >= 0.6 is 0 Å². The van der Waals surface area contributed by atoms with Crippen LogP contribution in [0.4, 0.5) is 0 Å². The van der Waals surface area contributed by atoms with Gasteiger partial charge in [-0.2, -0.15) is 0 Å². The largest absolute Gasteiger partial charge is 0.303 e. The molecule has 0 aliphatic carbocycles. The van der Waals surface area contributed by atoms with Crippen molar-refractivity contribution in [3.8, 4) is 11.8 Å². The van der Waals surface area contributed by atoms with E-state index in [2.05, 4.69) is 28.9 Å². The zero-order valence-corrected chi connectivity index (χ0v) is 10.5. The highest BCUT2D eigenvalue weighted by Crippen LogP contribution is 2.09. The number of hydrogen-bond acceptors (Lipinski definition) is 1. The molecule has 1 aromatic carbocycles. The summed E-state index contributed by atoms with van der Waals surface area (Å²) in [5, 5.41) is 0. The summed E-state index contributed by atoms with van der Waals surface area (Å²) in [5.41, 5.74) is 1.13. The maximum atomic E-state index is 3.26. The molecule has 1 nitrogen and oxygen atoms in total. The third-order valence-electron chi connectivity index (χ3n) is 3.23. The topological polar surface area (TPSA) is 3.24 Å². The Morgan fingerprint density at radius 1 is 1.00 bits per heavy atom. The maximum Gasteiger partial charge on any atom is 0.0245 e. The highest BCUT2D eigenvalue weighted by Gasteiger charge is 2.08. The third kappa shape index (κ3) is 4.63. The fraction of sp³-hybridized carbons (Fsp3) is 0.500. The highest BCUT2D eigenvalue weighted by molar-refractivity contribution is 5.33.